The van der Waals surface area contributed by atoms with Gasteiger partial charge in [0.1, 0.15) is 11.6 Å². The van der Waals surface area contributed by atoms with Crippen molar-refractivity contribution in [1.29, 1.82) is 5.26 Å². The average Bonchev–Trinajstić information content (AvgIpc) is 2.67. The zero-order valence-corrected chi connectivity index (χ0v) is 19.2. The molecule has 1 atom stereocenters. The van der Waals surface area contributed by atoms with Gasteiger partial charge in [0.05, 0.1) is 0 Å². The van der Waals surface area contributed by atoms with Crippen LogP contribution in [0.15, 0.2) is 35.9 Å². The number of hydrogen-bond donors (Lipinski definition) is 1. The van der Waals surface area contributed by atoms with Crippen molar-refractivity contribution in [3.05, 3.63) is 63.2 Å². The Morgan fingerprint density at radius 2 is 1.97 bits per heavy atom. The lowest BCUT2D eigenvalue weighted by Crippen LogP contribution is -2.45. The number of nitriles is 1. The number of hydrogen-bond acceptors (Lipinski definition) is 3. The van der Waals surface area contributed by atoms with Gasteiger partial charge < -0.3 is 10.2 Å². The number of nitrogens with zero attached hydrogens (tertiary/aromatic N) is 2. The molecule has 0 unspecified atom stereocenters. The first kappa shape index (κ1) is 21.9. The van der Waals surface area contributed by atoms with Gasteiger partial charge in [0.25, 0.3) is 5.91 Å². The van der Waals surface area contributed by atoms with E-state index in [0.29, 0.717) is 16.6 Å². The third kappa shape index (κ3) is 4.22. The molecule has 0 saturated heterocycles. The maximum absolute atomic E-state index is 12.8. The SMILES string of the molecule is Cc1cc2c(cc1/C=C(/C#N)C(=O)Nc1cc(Cl)ccc1C)[C@H](C)CC(C)(C)N2C. The summed E-state index contributed by atoms with van der Waals surface area (Å²) in [6.07, 6.45) is 2.72. The molecule has 30 heavy (non-hydrogen) atoms. The summed E-state index contributed by atoms with van der Waals surface area (Å²) in [6, 6.07) is 11.6. The second-order valence-corrected chi connectivity index (χ2v) is 9.26. The fourth-order valence-corrected chi connectivity index (χ4v) is 4.28. The van der Waals surface area contributed by atoms with E-state index < -0.39 is 5.91 Å². The summed E-state index contributed by atoms with van der Waals surface area (Å²) < 4.78 is 0. The third-order valence-corrected chi connectivity index (χ3v) is 6.37. The van der Waals surface area contributed by atoms with Gasteiger partial charge in [0, 0.05) is 29.0 Å². The largest absolute Gasteiger partial charge is 0.369 e. The van der Waals surface area contributed by atoms with Gasteiger partial charge in [-0.3, -0.25) is 4.79 Å². The molecule has 0 spiro atoms. The van der Waals surface area contributed by atoms with E-state index in [4.69, 9.17) is 11.6 Å². The van der Waals surface area contributed by atoms with Crippen LogP contribution in [0.2, 0.25) is 5.02 Å². The van der Waals surface area contributed by atoms with Crippen LogP contribution >= 0.6 is 11.6 Å². The van der Waals surface area contributed by atoms with E-state index in [0.717, 1.165) is 23.1 Å². The summed E-state index contributed by atoms with van der Waals surface area (Å²) in [6.45, 7) is 10.6. The third-order valence-electron chi connectivity index (χ3n) is 6.13. The van der Waals surface area contributed by atoms with E-state index in [1.807, 2.05) is 19.9 Å². The topological polar surface area (TPSA) is 56.1 Å². The van der Waals surface area contributed by atoms with E-state index in [9.17, 15) is 10.1 Å². The molecule has 156 valence electrons. The number of halogens is 1. The van der Waals surface area contributed by atoms with Crippen molar-refractivity contribution in [2.75, 3.05) is 17.3 Å². The lowest BCUT2D eigenvalue weighted by molar-refractivity contribution is -0.112. The highest BCUT2D eigenvalue weighted by Gasteiger charge is 2.34. The van der Waals surface area contributed by atoms with Crippen LogP contribution in [0, 0.1) is 25.2 Å². The fourth-order valence-electron chi connectivity index (χ4n) is 4.11. The first-order valence-corrected chi connectivity index (χ1v) is 10.5. The number of anilines is 2. The number of rotatable bonds is 3. The average molecular weight is 422 g/mol. The molecule has 0 aromatic heterocycles. The molecule has 5 heteroatoms. The molecule has 0 saturated carbocycles. The Hall–Kier alpha value is -2.77. The van der Waals surface area contributed by atoms with Crippen LogP contribution in [0.1, 0.15) is 55.4 Å². The van der Waals surface area contributed by atoms with Crippen LogP contribution < -0.4 is 10.2 Å². The summed E-state index contributed by atoms with van der Waals surface area (Å²) in [5.41, 5.74) is 6.02. The van der Waals surface area contributed by atoms with Crippen LogP contribution in [0.3, 0.4) is 0 Å². The Kier molecular flexibility index (Phi) is 5.97. The molecule has 2 aromatic rings. The van der Waals surface area contributed by atoms with Gasteiger partial charge in [-0.15, -0.1) is 0 Å². The molecule has 2 aromatic carbocycles. The van der Waals surface area contributed by atoms with E-state index in [2.05, 4.69) is 56.2 Å². The van der Waals surface area contributed by atoms with E-state index in [1.165, 1.54) is 11.3 Å². The maximum Gasteiger partial charge on any atom is 0.266 e. The van der Waals surface area contributed by atoms with Crippen molar-refractivity contribution in [2.45, 2.75) is 52.5 Å². The molecule has 0 radical (unpaired) electrons. The van der Waals surface area contributed by atoms with Crippen LogP contribution in [0.4, 0.5) is 11.4 Å². The van der Waals surface area contributed by atoms with E-state index >= 15 is 0 Å². The summed E-state index contributed by atoms with van der Waals surface area (Å²) in [4.78, 5) is 15.1. The predicted octanol–water partition coefficient (Wildman–Crippen LogP) is 6.22. The van der Waals surface area contributed by atoms with Crippen LogP contribution in [-0.4, -0.2) is 18.5 Å². The highest BCUT2D eigenvalue weighted by atomic mass is 35.5. The van der Waals surface area contributed by atoms with Gasteiger partial charge in [-0.25, -0.2) is 0 Å². The minimum absolute atomic E-state index is 0.0644. The molecule has 0 fully saturated rings. The molecule has 1 N–H and O–H groups in total. The minimum Gasteiger partial charge on any atom is -0.369 e. The van der Waals surface area contributed by atoms with Gasteiger partial charge in [-0.05, 0) is 92.6 Å². The smallest absolute Gasteiger partial charge is 0.266 e. The van der Waals surface area contributed by atoms with E-state index in [1.54, 1.807) is 18.2 Å². The predicted molar refractivity (Wildman–Crippen MR) is 125 cm³/mol. The van der Waals surface area contributed by atoms with Crippen molar-refractivity contribution in [3.63, 3.8) is 0 Å². The lowest BCUT2D eigenvalue weighted by Gasteiger charge is -2.45. The normalized spacial score (nSPS) is 17.9. The van der Waals surface area contributed by atoms with Gasteiger partial charge in [0.2, 0.25) is 0 Å². The van der Waals surface area contributed by atoms with Gasteiger partial charge >= 0.3 is 0 Å². The Morgan fingerprint density at radius 1 is 1.27 bits per heavy atom. The van der Waals surface area contributed by atoms with Gasteiger partial charge in [0.15, 0.2) is 0 Å². The van der Waals surface area contributed by atoms with Crippen molar-refractivity contribution >= 4 is 35.0 Å². The molecule has 1 aliphatic rings. The monoisotopic (exact) mass is 421 g/mol. The number of nitrogens with one attached hydrogen (secondary N) is 1. The summed E-state index contributed by atoms with van der Waals surface area (Å²) in [5, 5.41) is 13.0. The molecule has 1 heterocycles. The molecule has 3 rings (SSSR count). The number of amides is 1. The number of carbonyl (C=O) groups is 1. The Balaban J connectivity index is 1.97. The Labute approximate surface area is 184 Å². The molecule has 1 amide bonds. The Morgan fingerprint density at radius 3 is 2.63 bits per heavy atom. The summed E-state index contributed by atoms with van der Waals surface area (Å²) >= 11 is 6.04. The van der Waals surface area contributed by atoms with Crippen molar-refractivity contribution in [3.8, 4) is 6.07 Å². The van der Waals surface area contributed by atoms with Crippen LogP contribution in [-0.2, 0) is 4.79 Å². The number of benzene rings is 2. The van der Waals surface area contributed by atoms with Gasteiger partial charge in [-0.1, -0.05) is 24.6 Å². The zero-order valence-electron chi connectivity index (χ0n) is 18.4. The molecule has 1 aliphatic heterocycles. The molecule has 0 aliphatic carbocycles. The van der Waals surface area contributed by atoms with Crippen molar-refractivity contribution in [2.24, 2.45) is 0 Å². The second-order valence-electron chi connectivity index (χ2n) is 8.83. The van der Waals surface area contributed by atoms with Crippen LogP contribution in [0.25, 0.3) is 6.08 Å². The second kappa shape index (κ2) is 8.16. The Bertz CT molecular complexity index is 1080. The molecule has 4 nitrogen and oxygen atoms in total. The fraction of sp³-hybridized carbons (Fsp3) is 0.360. The number of carbonyl (C=O) groups excluding carboxylic acids is 1. The van der Waals surface area contributed by atoms with Crippen LogP contribution in [0.5, 0.6) is 0 Å². The quantitative estimate of drug-likeness (QED) is 0.472. The molecular weight excluding hydrogens is 394 g/mol. The number of fused-ring (bicyclic) bond motifs is 1. The van der Waals surface area contributed by atoms with Crippen molar-refractivity contribution < 1.29 is 4.79 Å². The first-order valence-electron chi connectivity index (χ1n) is 10.1. The molecule has 0 bridgehead atoms. The standard InChI is InChI=1S/C25H28ClN3O/c1-15-7-8-20(26)12-22(15)28-24(30)19(14-27)10-18-11-21-17(3)13-25(4,5)29(6)23(21)9-16(18)2/h7-12,17H,13H2,1-6H3,(H,28,30)/b19-10-/t17-/m1/s1. The highest BCUT2D eigenvalue weighted by molar-refractivity contribution is 6.31. The molecular formula is C25H28ClN3O. The maximum atomic E-state index is 12.8. The number of aryl methyl sites for hydroxylation is 2. The lowest BCUT2D eigenvalue weighted by atomic mass is 9.79. The summed E-state index contributed by atoms with van der Waals surface area (Å²) in [5.74, 6) is -0.0429. The zero-order chi connectivity index (χ0) is 22.2. The van der Waals surface area contributed by atoms with Gasteiger partial charge in [-0.2, -0.15) is 5.26 Å². The summed E-state index contributed by atoms with van der Waals surface area (Å²) in [7, 11) is 2.13. The first-order chi connectivity index (χ1) is 14.0. The van der Waals surface area contributed by atoms with Crippen molar-refractivity contribution in [1.82, 2.24) is 0 Å². The van der Waals surface area contributed by atoms with E-state index in [-0.39, 0.29) is 11.1 Å². The minimum atomic E-state index is -0.439. The highest BCUT2D eigenvalue weighted by Crippen LogP contribution is 2.43.